The van der Waals surface area contributed by atoms with Crippen molar-refractivity contribution in [2.75, 3.05) is 19.6 Å². The Morgan fingerprint density at radius 3 is 2.14 bits per heavy atom. The number of carbonyl (C=O) groups is 2. The molecule has 0 spiro atoms. The van der Waals surface area contributed by atoms with E-state index < -0.39 is 0 Å². The highest BCUT2D eigenvalue weighted by atomic mass is 16.2. The van der Waals surface area contributed by atoms with Crippen LogP contribution in [0.25, 0.3) is 0 Å². The van der Waals surface area contributed by atoms with E-state index in [2.05, 4.69) is 11.8 Å². The van der Waals surface area contributed by atoms with Crippen LogP contribution in [0, 0.1) is 11.8 Å². The number of piperidine rings is 1. The number of nitrogens with zero attached hydrogens (tertiary/aromatic N) is 2. The van der Waals surface area contributed by atoms with Crippen LogP contribution in [0.1, 0.15) is 65.7 Å². The molecule has 1 aliphatic carbocycles. The van der Waals surface area contributed by atoms with Gasteiger partial charge in [-0.25, -0.2) is 0 Å². The van der Waals surface area contributed by atoms with Gasteiger partial charge in [0.1, 0.15) is 0 Å². The topological polar surface area (TPSA) is 40.6 Å². The Balaban J connectivity index is 1.89. The highest BCUT2D eigenvalue weighted by Crippen LogP contribution is 2.27. The molecular weight excluding hydrogens is 276 g/mol. The second kappa shape index (κ2) is 7.98. The number of hydrogen-bond donors (Lipinski definition) is 0. The predicted molar refractivity (Wildman–Crippen MR) is 88.4 cm³/mol. The van der Waals surface area contributed by atoms with Gasteiger partial charge in [0.2, 0.25) is 11.8 Å². The summed E-state index contributed by atoms with van der Waals surface area (Å²) in [5, 5.41) is 0. The molecule has 22 heavy (non-hydrogen) atoms. The van der Waals surface area contributed by atoms with Gasteiger partial charge >= 0.3 is 0 Å². The molecule has 2 rings (SSSR count). The van der Waals surface area contributed by atoms with Crippen LogP contribution >= 0.6 is 0 Å². The fourth-order valence-electron chi connectivity index (χ4n) is 3.93. The minimum absolute atomic E-state index is 0.0571. The van der Waals surface area contributed by atoms with Gasteiger partial charge in [0.05, 0.1) is 0 Å². The number of amides is 2. The van der Waals surface area contributed by atoms with Crippen molar-refractivity contribution in [2.45, 2.75) is 71.8 Å². The molecule has 0 atom stereocenters. The van der Waals surface area contributed by atoms with Crippen molar-refractivity contribution in [1.82, 2.24) is 9.80 Å². The Kier molecular flexibility index (Phi) is 6.27. The summed E-state index contributed by atoms with van der Waals surface area (Å²) in [4.78, 5) is 29.0. The fraction of sp³-hybridized carbons (Fsp3) is 0.889. The predicted octanol–water partition coefficient (Wildman–Crippen LogP) is 3.06. The first-order chi connectivity index (χ1) is 10.5. The third-order valence-corrected chi connectivity index (χ3v) is 5.29. The molecule has 0 N–H and O–H groups in total. The third kappa shape index (κ3) is 4.02. The largest absolute Gasteiger partial charge is 0.342 e. The van der Waals surface area contributed by atoms with Crippen LogP contribution in [0.2, 0.25) is 0 Å². The van der Waals surface area contributed by atoms with Crippen molar-refractivity contribution < 1.29 is 9.59 Å². The average molecular weight is 308 g/mol. The Morgan fingerprint density at radius 2 is 1.64 bits per heavy atom. The smallest absolute Gasteiger partial charge is 0.226 e. The second-order valence-corrected chi connectivity index (χ2v) is 7.17. The maximum Gasteiger partial charge on any atom is 0.226 e. The molecule has 2 aliphatic rings. The Labute approximate surface area is 135 Å². The first kappa shape index (κ1) is 17.3. The first-order valence-corrected chi connectivity index (χ1v) is 9.13. The minimum Gasteiger partial charge on any atom is -0.342 e. The second-order valence-electron chi connectivity index (χ2n) is 7.17. The summed E-state index contributed by atoms with van der Waals surface area (Å²) in [6, 6.07) is 0.460. The molecule has 126 valence electrons. The van der Waals surface area contributed by atoms with Crippen LogP contribution in [0.4, 0.5) is 0 Å². The molecule has 4 heteroatoms. The molecule has 1 saturated carbocycles. The number of likely N-dealkylation sites (tertiary alicyclic amines) is 1. The van der Waals surface area contributed by atoms with Gasteiger partial charge in [0, 0.05) is 37.5 Å². The van der Waals surface area contributed by atoms with Crippen molar-refractivity contribution >= 4 is 11.8 Å². The molecule has 2 amide bonds. The van der Waals surface area contributed by atoms with Gasteiger partial charge in [-0.05, 0) is 32.6 Å². The summed E-state index contributed by atoms with van der Waals surface area (Å²) in [5.74, 6) is 0.747. The minimum atomic E-state index is 0.0571. The first-order valence-electron chi connectivity index (χ1n) is 9.13. The molecule has 1 heterocycles. The maximum atomic E-state index is 12.9. The van der Waals surface area contributed by atoms with Gasteiger partial charge in [0.25, 0.3) is 0 Å². The third-order valence-electron chi connectivity index (χ3n) is 5.29. The SMILES string of the molecule is CCN(C(=O)C1CCN(C(=O)C(C)C)CC1)C1CCCCC1. The Morgan fingerprint density at radius 1 is 1.05 bits per heavy atom. The monoisotopic (exact) mass is 308 g/mol. The van der Waals surface area contributed by atoms with Crippen LogP contribution in [0.15, 0.2) is 0 Å². The number of hydrogen-bond acceptors (Lipinski definition) is 2. The maximum absolute atomic E-state index is 12.9. The molecule has 2 fully saturated rings. The van der Waals surface area contributed by atoms with E-state index in [4.69, 9.17) is 0 Å². The zero-order valence-corrected chi connectivity index (χ0v) is 14.5. The van der Waals surface area contributed by atoms with E-state index >= 15 is 0 Å². The quantitative estimate of drug-likeness (QED) is 0.801. The van der Waals surface area contributed by atoms with Crippen LogP contribution in [-0.2, 0) is 9.59 Å². The van der Waals surface area contributed by atoms with E-state index in [1.807, 2.05) is 18.7 Å². The van der Waals surface area contributed by atoms with Crippen LogP contribution < -0.4 is 0 Å². The van der Waals surface area contributed by atoms with Crippen molar-refractivity contribution in [3.05, 3.63) is 0 Å². The van der Waals surface area contributed by atoms with Crippen molar-refractivity contribution in [3.8, 4) is 0 Å². The Bertz CT molecular complexity index is 381. The zero-order chi connectivity index (χ0) is 16.1. The summed E-state index contributed by atoms with van der Waals surface area (Å²) in [7, 11) is 0. The van der Waals surface area contributed by atoms with Gasteiger partial charge in [-0.3, -0.25) is 9.59 Å². The standard InChI is InChI=1S/C18H32N2O2/c1-4-20(16-8-6-5-7-9-16)18(22)15-10-12-19(13-11-15)17(21)14(2)3/h14-16H,4-13H2,1-3H3. The van der Waals surface area contributed by atoms with Gasteiger partial charge in [-0.1, -0.05) is 33.1 Å². The van der Waals surface area contributed by atoms with Crippen molar-refractivity contribution in [3.63, 3.8) is 0 Å². The van der Waals surface area contributed by atoms with Crippen LogP contribution in [0.5, 0.6) is 0 Å². The lowest BCUT2D eigenvalue weighted by molar-refractivity contribution is -0.143. The van der Waals surface area contributed by atoms with Gasteiger partial charge in [0.15, 0.2) is 0 Å². The Hall–Kier alpha value is -1.06. The summed E-state index contributed by atoms with van der Waals surface area (Å²) in [5.41, 5.74) is 0. The van der Waals surface area contributed by atoms with Gasteiger partial charge in [-0.2, -0.15) is 0 Å². The fourth-order valence-corrected chi connectivity index (χ4v) is 3.93. The average Bonchev–Trinajstić information content (AvgIpc) is 2.56. The number of carbonyl (C=O) groups excluding carboxylic acids is 2. The summed E-state index contributed by atoms with van der Waals surface area (Å²) < 4.78 is 0. The van der Waals surface area contributed by atoms with Gasteiger partial charge < -0.3 is 9.80 Å². The van der Waals surface area contributed by atoms with E-state index in [9.17, 15) is 9.59 Å². The lowest BCUT2D eigenvalue weighted by atomic mass is 9.90. The van der Waals surface area contributed by atoms with E-state index in [1.54, 1.807) is 0 Å². The molecular formula is C18H32N2O2. The van der Waals surface area contributed by atoms with E-state index in [0.717, 1.165) is 32.5 Å². The molecule has 1 aliphatic heterocycles. The summed E-state index contributed by atoms with van der Waals surface area (Å²) >= 11 is 0. The molecule has 0 aromatic rings. The van der Waals surface area contributed by atoms with Crippen LogP contribution in [-0.4, -0.2) is 47.3 Å². The van der Waals surface area contributed by atoms with E-state index in [0.29, 0.717) is 11.9 Å². The molecule has 0 aromatic heterocycles. The molecule has 1 saturated heterocycles. The van der Waals surface area contributed by atoms with E-state index in [-0.39, 0.29) is 17.7 Å². The normalized spacial score (nSPS) is 21.2. The highest BCUT2D eigenvalue weighted by molar-refractivity contribution is 5.81. The van der Waals surface area contributed by atoms with Gasteiger partial charge in [-0.15, -0.1) is 0 Å². The van der Waals surface area contributed by atoms with Crippen molar-refractivity contribution in [1.29, 1.82) is 0 Å². The van der Waals surface area contributed by atoms with Crippen molar-refractivity contribution in [2.24, 2.45) is 11.8 Å². The lowest BCUT2D eigenvalue weighted by Gasteiger charge is -2.39. The molecule has 4 nitrogen and oxygen atoms in total. The molecule has 0 aromatic carbocycles. The zero-order valence-electron chi connectivity index (χ0n) is 14.5. The molecule has 0 radical (unpaired) electrons. The molecule has 0 unspecified atom stereocenters. The highest BCUT2D eigenvalue weighted by Gasteiger charge is 2.33. The molecule has 0 bridgehead atoms. The van der Waals surface area contributed by atoms with E-state index in [1.165, 1.54) is 32.1 Å². The number of rotatable bonds is 4. The summed E-state index contributed by atoms with van der Waals surface area (Å²) in [6.45, 7) is 8.31. The summed E-state index contributed by atoms with van der Waals surface area (Å²) in [6.07, 6.45) is 7.85. The van der Waals surface area contributed by atoms with Crippen LogP contribution in [0.3, 0.4) is 0 Å². The lowest BCUT2D eigenvalue weighted by Crippen LogP contribution is -2.48.